The van der Waals surface area contributed by atoms with Crippen LogP contribution in [0.1, 0.15) is 45.7 Å². The topological polar surface area (TPSA) is 41.1 Å². The molecule has 2 atom stereocenters. The van der Waals surface area contributed by atoms with Crippen LogP contribution < -0.4 is 10.6 Å². The average Bonchev–Trinajstić information content (AvgIpc) is 2.37. The highest BCUT2D eigenvalue weighted by atomic mass is 35.5. The zero-order chi connectivity index (χ0) is 15.1. The number of carbonyl (C=O) groups excluding carboxylic acids is 1. The van der Waals surface area contributed by atoms with Crippen molar-refractivity contribution in [2.45, 2.75) is 46.2 Å². The van der Waals surface area contributed by atoms with E-state index < -0.39 is 0 Å². The van der Waals surface area contributed by atoms with Gasteiger partial charge in [0.1, 0.15) is 0 Å². The lowest BCUT2D eigenvalue weighted by Crippen LogP contribution is -2.37. The van der Waals surface area contributed by atoms with Crippen LogP contribution in [0.25, 0.3) is 0 Å². The first-order chi connectivity index (χ1) is 9.43. The first kappa shape index (κ1) is 17.0. The second-order valence-electron chi connectivity index (χ2n) is 5.50. The van der Waals surface area contributed by atoms with Gasteiger partial charge >= 0.3 is 0 Å². The summed E-state index contributed by atoms with van der Waals surface area (Å²) in [5.41, 5.74) is 1.09. The molecular formula is C16H25ClN2O. The van der Waals surface area contributed by atoms with Crippen molar-refractivity contribution in [3.63, 3.8) is 0 Å². The standard InChI is InChI=1S/C16H25ClN2O/c1-5-18-12(4)10-15(20)19-16(11(2)3)13-6-8-14(17)9-7-13/h6-9,11-12,16,18H,5,10H2,1-4H3,(H,19,20). The van der Waals surface area contributed by atoms with E-state index in [2.05, 4.69) is 24.5 Å². The lowest BCUT2D eigenvalue weighted by atomic mass is 9.96. The van der Waals surface area contributed by atoms with Crippen LogP contribution >= 0.6 is 11.6 Å². The summed E-state index contributed by atoms with van der Waals surface area (Å²) in [5.74, 6) is 0.404. The predicted molar refractivity (Wildman–Crippen MR) is 84.9 cm³/mol. The van der Waals surface area contributed by atoms with Gasteiger partial charge in [0.05, 0.1) is 6.04 Å². The lowest BCUT2D eigenvalue weighted by molar-refractivity contribution is -0.122. The highest BCUT2D eigenvalue weighted by Crippen LogP contribution is 2.23. The lowest BCUT2D eigenvalue weighted by Gasteiger charge is -2.24. The van der Waals surface area contributed by atoms with E-state index in [0.29, 0.717) is 17.4 Å². The number of hydrogen-bond acceptors (Lipinski definition) is 2. The smallest absolute Gasteiger partial charge is 0.222 e. The van der Waals surface area contributed by atoms with E-state index in [0.717, 1.165) is 12.1 Å². The zero-order valence-electron chi connectivity index (χ0n) is 12.7. The van der Waals surface area contributed by atoms with Gasteiger partial charge in [-0.1, -0.05) is 44.5 Å². The van der Waals surface area contributed by atoms with E-state index in [1.807, 2.05) is 38.1 Å². The summed E-state index contributed by atoms with van der Waals surface area (Å²) >= 11 is 5.91. The molecule has 0 radical (unpaired) electrons. The molecule has 3 nitrogen and oxygen atoms in total. The summed E-state index contributed by atoms with van der Waals surface area (Å²) in [6.07, 6.45) is 0.491. The summed E-state index contributed by atoms with van der Waals surface area (Å²) in [5, 5.41) is 7.08. The first-order valence-electron chi connectivity index (χ1n) is 7.22. The van der Waals surface area contributed by atoms with Gasteiger partial charge in [-0.05, 0) is 37.1 Å². The Hall–Kier alpha value is -1.06. The molecule has 20 heavy (non-hydrogen) atoms. The minimum atomic E-state index is 0.0218. The third-order valence-corrected chi connectivity index (χ3v) is 3.51. The van der Waals surface area contributed by atoms with Crippen LogP contribution in [0.3, 0.4) is 0 Å². The van der Waals surface area contributed by atoms with E-state index in [1.54, 1.807) is 0 Å². The molecule has 0 saturated heterocycles. The van der Waals surface area contributed by atoms with E-state index in [-0.39, 0.29) is 18.0 Å². The SMILES string of the molecule is CCNC(C)CC(=O)NC(c1ccc(Cl)cc1)C(C)C. The van der Waals surface area contributed by atoms with Crippen molar-refractivity contribution in [1.29, 1.82) is 0 Å². The fourth-order valence-corrected chi connectivity index (χ4v) is 2.36. The van der Waals surface area contributed by atoms with Crippen molar-refractivity contribution in [2.24, 2.45) is 5.92 Å². The molecular weight excluding hydrogens is 272 g/mol. The molecule has 112 valence electrons. The van der Waals surface area contributed by atoms with Crippen LogP contribution in [0.2, 0.25) is 5.02 Å². The summed E-state index contributed by atoms with van der Waals surface area (Å²) in [7, 11) is 0. The maximum absolute atomic E-state index is 12.1. The van der Waals surface area contributed by atoms with Crippen molar-refractivity contribution < 1.29 is 4.79 Å². The molecule has 0 aliphatic heterocycles. The van der Waals surface area contributed by atoms with Crippen molar-refractivity contribution >= 4 is 17.5 Å². The van der Waals surface area contributed by atoms with Crippen molar-refractivity contribution in [2.75, 3.05) is 6.54 Å². The molecule has 1 amide bonds. The number of halogens is 1. The van der Waals surface area contributed by atoms with E-state index in [9.17, 15) is 4.79 Å². The number of rotatable bonds is 7. The van der Waals surface area contributed by atoms with Gasteiger partial charge in [0.15, 0.2) is 0 Å². The molecule has 4 heteroatoms. The number of carbonyl (C=O) groups is 1. The van der Waals surface area contributed by atoms with Gasteiger partial charge in [-0.15, -0.1) is 0 Å². The zero-order valence-corrected chi connectivity index (χ0v) is 13.5. The Kier molecular flexibility index (Phi) is 7.03. The molecule has 0 bridgehead atoms. The van der Waals surface area contributed by atoms with Crippen LogP contribution in [0.15, 0.2) is 24.3 Å². The summed E-state index contributed by atoms with van der Waals surface area (Å²) in [6.45, 7) is 9.15. The maximum Gasteiger partial charge on any atom is 0.222 e. The minimum Gasteiger partial charge on any atom is -0.349 e. The molecule has 2 unspecified atom stereocenters. The number of nitrogens with one attached hydrogen (secondary N) is 2. The molecule has 1 rings (SSSR count). The average molecular weight is 297 g/mol. The van der Waals surface area contributed by atoms with Gasteiger partial charge in [0.25, 0.3) is 0 Å². The van der Waals surface area contributed by atoms with Crippen LogP contribution in [0.5, 0.6) is 0 Å². The van der Waals surface area contributed by atoms with Gasteiger partial charge in [-0.2, -0.15) is 0 Å². The highest BCUT2D eigenvalue weighted by molar-refractivity contribution is 6.30. The van der Waals surface area contributed by atoms with Gasteiger partial charge in [0.2, 0.25) is 5.91 Å². The Morgan fingerprint density at radius 1 is 1.20 bits per heavy atom. The first-order valence-corrected chi connectivity index (χ1v) is 7.60. The largest absolute Gasteiger partial charge is 0.349 e. The van der Waals surface area contributed by atoms with Gasteiger partial charge < -0.3 is 10.6 Å². The third-order valence-electron chi connectivity index (χ3n) is 3.26. The van der Waals surface area contributed by atoms with Crippen molar-refractivity contribution in [3.05, 3.63) is 34.9 Å². The third kappa shape index (κ3) is 5.51. The molecule has 0 fully saturated rings. The van der Waals surface area contributed by atoms with Crippen LogP contribution in [-0.4, -0.2) is 18.5 Å². The van der Waals surface area contributed by atoms with Gasteiger partial charge in [0, 0.05) is 17.5 Å². The molecule has 0 aliphatic rings. The second kappa shape index (κ2) is 8.28. The van der Waals surface area contributed by atoms with Crippen LogP contribution in [0, 0.1) is 5.92 Å². The summed E-state index contributed by atoms with van der Waals surface area (Å²) in [4.78, 5) is 12.1. The number of amides is 1. The van der Waals surface area contributed by atoms with Crippen molar-refractivity contribution in [1.82, 2.24) is 10.6 Å². The highest BCUT2D eigenvalue weighted by Gasteiger charge is 2.19. The molecule has 2 N–H and O–H groups in total. The Morgan fingerprint density at radius 2 is 1.80 bits per heavy atom. The number of hydrogen-bond donors (Lipinski definition) is 2. The van der Waals surface area contributed by atoms with E-state index >= 15 is 0 Å². The monoisotopic (exact) mass is 296 g/mol. The predicted octanol–water partition coefficient (Wildman–Crippen LogP) is 3.54. The fourth-order valence-electron chi connectivity index (χ4n) is 2.24. The van der Waals surface area contributed by atoms with E-state index in [1.165, 1.54) is 0 Å². The minimum absolute atomic E-state index is 0.0218. The summed E-state index contributed by atoms with van der Waals surface area (Å²) in [6, 6.07) is 7.88. The Balaban J connectivity index is 2.68. The van der Waals surface area contributed by atoms with Crippen LogP contribution in [-0.2, 0) is 4.79 Å². The maximum atomic E-state index is 12.1. The number of benzene rings is 1. The normalized spacial score (nSPS) is 14.1. The molecule has 0 aliphatic carbocycles. The van der Waals surface area contributed by atoms with Crippen LogP contribution in [0.4, 0.5) is 0 Å². The molecule has 0 saturated carbocycles. The molecule has 1 aromatic carbocycles. The molecule has 0 aromatic heterocycles. The van der Waals surface area contributed by atoms with Gasteiger partial charge in [-0.3, -0.25) is 4.79 Å². The Labute approximate surface area is 127 Å². The molecule has 0 spiro atoms. The Bertz CT molecular complexity index is 417. The molecule has 1 aromatic rings. The second-order valence-corrected chi connectivity index (χ2v) is 5.94. The summed E-state index contributed by atoms with van der Waals surface area (Å²) < 4.78 is 0. The van der Waals surface area contributed by atoms with Crippen molar-refractivity contribution in [3.8, 4) is 0 Å². The quantitative estimate of drug-likeness (QED) is 0.808. The van der Waals surface area contributed by atoms with E-state index in [4.69, 9.17) is 11.6 Å². The fraction of sp³-hybridized carbons (Fsp3) is 0.562. The molecule has 0 heterocycles. The van der Waals surface area contributed by atoms with Gasteiger partial charge in [-0.25, -0.2) is 0 Å². The Morgan fingerprint density at radius 3 is 2.30 bits per heavy atom.